The Morgan fingerprint density at radius 2 is 2.12 bits per heavy atom. The third-order valence-corrected chi connectivity index (χ3v) is 8.14. The van der Waals surface area contributed by atoms with Crippen LogP contribution in [-0.4, -0.2) is 43.3 Å². The van der Waals surface area contributed by atoms with Gasteiger partial charge in [0.2, 0.25) is 15.9 Å². The number of nitrogens with zero attached hydrogens (tertiary/aromatic N) is 2. The lowest BCUT2D eigenvalue weighted by atomic mass is 9.86. The van der Waals surface area contributed by atoms with Gasteiger partial charge in [0.1, 0.15) is 5.82 Å². The number of methoxy groups -OCH3 is 1. The number of nitrogens with one attached hydrogen (secondary N) is 1. The number of primary amides is 1. The number of anilines is 1. The van der Waals surface area contributed by atoms with Gasteiger partial charge in [0, 0.05) is 42.3 Å². The van der Waals surface area contributed by atoms with Crippen LogP contribution >= 0.6 is 11.3 Å². The highest BCUT2D eigenvalue weighted by molar-refractivity contribution is 7.93. The number of benzene rings is 1. The van der Waals surface area contributed by atoms with Crippen molar-refractivity contribution in [2.24, 2.45) is 5.73 Å². The van der Waals surface area contributed by atoms with Gasteiger partial charge in [-0.05, 0) is 48.6 Å². The van der Waals surface area contributed by atoms with Crippen molar-refractivity contribution in [3.63, 3.8) is 0 Å². The number of carbonyl (C=O) groups is 1. The number of carbonyl (C=O) groups excluding carboxylic acids is 1. The number of sulfonamides is 1. The van der Waals surface area contributed by atoms with E-state index in [4.69, 9.17) is 10.5 Å². The van der Waals surface area contributed by atoms with Crippen LogP contribution in [0.1, 0.15) is 46.8 Å². The monoisotopic (exact) mass is 490 g/mol. The fourth-order valence-corrected chi connectivity index (χ4v) is 5.96. The number of ether oxygens (including phenoxy) is 1. The zero-order valence-electron chi connectivity index (χ0n) is 17.8. The molecule has 4 rings (SSSR count). The van der Waals surface area contributed by atoms with Gasteiger partial charge in [0.15, 0.2) is 5.13 Å². The molecular formula is C22H23FN4O4S2. The van der Waals surface area contributed by atoms with Crippen molar-refractivity contribution in [3.05, 3.63) is 64.7 Å². The lowest BCUT2D eigenvalue weighted by molar-refractivity contribution is 0.1000. The molecule has 1 aliphatic carbocycles. The molecule has 11 heteroatoms. The average Bonchev–Trinajstić information content (AvgIpc) is 3.56. The Kier molecular flexibility index (Phi) is 6.73. The van der Waals surface area contributed by atoms with Crippen LogP contribution in [0, 0.1) is 5.82 Å². The summed E-state index contributed by atoms with van der Waals surface area (Å²) in [4.78, 5) is 20.4. The van der Waals surface area contributed by atoms with Gasteiger partial charge in [-0.2, -0.15) is 0 Å². The number of hydrogen-bond acceptors (Lipinski definition) is 7. The fourth-order valence-electron chi connectivity index (χ4n) is 3.60. The minimum atomic E-state index is -3.45. The van der Waals surface area contributed by atoms with Crippen LogP contribution in [0.5, 0.6) is 0 Å². The Morgan fingerprint density at radius 3 is 2.79 bits per heavy atom. The van der Waals surface area contributed by atoms with Crippen LogP contribution in [0.25, 0.3) is 11.1 Å². The van der Waals surface area contributed by atoms with E-state index in [0.29, 0.717) is 53.8 Å². The topological polar surface area (TPSA) is 124 Å². The Morgan fingerprint density at radius 1 is 1.33 bits per heavy atom. The normalized spacial score (nSPS) is 14.7. The molecule has 1 atom stereocenters. The summed E-state index contributed by atoms with van der Waals surface area (Å²) < 4.78 is 46.4. The summed E-state index contributed by atoms with van der Waals surface area (Å²) in [7, 11) is -1.87. The van der Waals surface area contributed by atoms with Gasteiger partial charge in [-0.25, -0.2) is 17.8 Å². The van der Waals surface area contributed by atoms with Crippen LogP contribution < -0.4 is 10.5 Å². The Hall–Kier alpha value is -2.89. The highest BCUT2D eigenvalue weighted by Crippen LogP contribution is 2.38. The molecule has 0 aliphatic heterocycles. The Balaban J connectivity index is 1.78. The fraction of sp³-hybridized carbons (Fsp3) is 0.318. The summed E-state index contributed by atoms with van der Waals surface area (Å²) in [6, 6.07) is 6.31. The van der Waals surface area contributed by atoms with Gasteiger partial charge >= 0.3 is 0 Å². The molecule has 0 spiro atoms. The third-order valence-electron chi connectivity index (χ3n) is 5.41. The Bertz CT molecular complexity index is 1270. The van der Waals surface area contributed by atoms with Gasteiger partial charge in [-0.15, -0.1) is 11.3 Å². The zero-order valence-corrected chi connectivity index (χ0v) is 19.5. The van der Waals surface area contributed by atoms with Crippen LogP contribution in [-0.2, 0) is 14.8 Å². The number of halogens is 1. The molecule has 0 radical (unpaired) electrons. The van der Waals surface area contributed by atoms with E-state index >= 15 is 0 Å². The molecule has 2 aromatic heterocycles. The predicted octanol–water partition coefficient (Wildman–Crippen LogP) is 3.52. The van der Waals surface area contributed by atoms with Crippen LogP contribution in [0.4, 0.5) is 9.52 Å². The summed E-state index contributed by atoms with van der Waals surface area (Å²) in [5.41, 5.74) is 8.32. The van der Waals surface area contributed by atoms with Crippen molar-refractivity contribution in [1.82, 2.24) is 9.97 Å². The number of rotatable bonds is 10. The SMILES string of the molecule is COCCC(c1csc(NS(=O)(=O)C2CC2)n1)c1cc(C(N)=O)ccc1-c1cncc(F)c1. The van der Waals surface area contributed by atoms with E-state index in [0.717, 1.165) is 6.20 Å². The lowest BCUT2D eigenvalue weighted by Gasteiger charge is -2.20. The van der Waals surface area contributed by atoms with Gasteiger partial charge in [-0.3, -0.25) is 14.5 Å². The minimum absolute atomic E-state index is 0.277. The van der Waals surface area contributed by atoms with Gasteiger partial charge < -0.3 is 10.5 Å². The lowest BCUT2D eigenvalue weighted by Crippen LogP contribution is -2.17. The van der Waals surface area contributed by atoms with Gasteiger partial charge in [0.05, 0.1) is 17.1 Å². The van der Waals surface area contributed by atoms with E-state index in [2.05, 4.69) is 14.7 Å². The quantitative estimate of drug-likeness (QED) is 0.448. The molecule has 1 aromatic carbocycles. The molecule has 1 aliphatic rings. The highest BCUT2D eigenvalue weighted by Gasteiger charge is 2.36. The van der Waals surface area contributed by atoms with Crippen LogP contribution in [0.2, 0.25) is 0 Å². The second kappa shape index (κ2) is 9.54. The molecule has 0 bridgehead atoms. The molecule has 3 N–H and O–H groups in total. The molecule has 0 saturated heterocycles. The number of aromatic nitrogens is 2. The standard InChI is InChI=1S/C22H23FN4O4S2/c1-31-7-6-18(20-12-32-22(26-20)27-33(29,30)16-3-4-16)19-9-13(21(24)28)2-5-17(19)14-8-15(23)11-25-10-14/h2,5,8-12,16,18H,3-4,6-7H2,1H3,(H2,24,28)(H,26,27). The first-order valence-electron chi connectivity index (χ1n) is 10.3. The van der Waals surface area contributed by atoms with Crippen LogP contribution in [0.3, 0.4) is 0 Å². The summed E-state index contributed by atoms with van der Waals surface area (Å²) in [6.07, 6.45) is 4.44. The van der Waals surface area contributed by atoms with E-state index < -0.39 is 21.7 Å². The third kappa shape index (κ3) is 5.37. The number of amides is 1. The van der Waals surface area contributed by atoms with Crippen LogP contribution in [0.15, 0.2) is 42.0 Å². The highest BCUT2D eigenvalue weighted by atomic mass is 32.2. The summed E-state index contributed by atoms with van der Waals surface area (Å²) >= 11 is 1.19. The number of nitrogens with two attached hydrogens (primary N) is 1. The van der Waals surface area contributed by atoms with E-state index in [1.807, 2.05) is 0 Å². The maximum atomic E-state index is 13.9. The van der Waals surface area contributed by atoms with Crippen molar-refractivity contribution < 1.29 is 22.3 Å². The smallest absolute Gasteiger partial charge is 0.248 e. The van der Waals surface area contributed by atoms with Gasteiger partial charge in [-0.1, -0.05) is 6.07 Å². The van der Waals surface area contributed by atoms with Gasteiger partial charge in [0.25, 0.3) is 0 Å². The van der Waals surface area contributed by atoms with Crippen molar-refractivity contribution in [2.75, 3.05) is 18.4 Å². The number of pyridine rings is 1. The van der Waals surface area contributed by atoms with Crippen molar-refractivity contribution >= 4 is 32.4 Å². The largest absolute Gasteiger partial charge is 0.385 e. The minimum Gasteiger partial charge on any atom is -0.385 e. The molecule has 1 amide bonds. The molecule has 2 heterocycles. The number of hydrogen-bond donors (Lipinski definition) is 2. The number of thiazole rings is 1. The van der Waals surface area contributed by atoms with E-state index in [-0.39, 0.29) is 16.3 Å². The average molecular weight is 491 g/mol. The first-order valence-corrected chi connectivity index (χ1v) is 12.7. The zero-order chi connectivity index (χ0) is 23.6. The summed E-state index contributed by atoms with van der Waals surface area (Å²) in [5, 5.41) is 1.68. The maximum Gasteiger partial charge on any atom is 0.248 e. The summed E-state index contributed by atoms with van der Waals surface area (Å²) in [6.45, 7) is 0.382. The molecule has 174 valence electrons. The van der Waals surface area contributed by atoms with E-state index in [1.54, 1.807) is 30.7 Å². The first kappa shape index (κ1) is 23.3. The second-order valence-electron chi connectivity index (χ2n) is 7.82. The maximum absolute atomic E-state index is 13.9. The molecule has 3 aromatic rings. The van der Waals surface area contributed by atoms with Crippen molar-refractivity contribution in [1.29, 1.82) is 0 Å². The second-order valence-corrected chi connectivity index (χ2v) is 10.6. The van der Waals surface area contributed by atoms with E-state index in [9.17, 15) is 17.6 Å². The van der Waals surface area contributed by atoms with Crippen molar-refractivity contribution in [2.45, 2.75) is 30.4 Å². The molecule has 1 fully saturated rings. The Labute approximate surface area is 195 Å². The molecular weight excluding hydrogens is 467 g/mol. The first-order chi connectivity index (χ1) is 15.8. The molecule has 1 saturated carbocycles. The molecule has 33 heavy (non-hydrogen) atoms. The van der Waals surface area contributed by atoms with Crippen molar-refractivity contribution in [3.8, 4) is 11.1 Å². The molecule has 8 nitrogen and oxygen atoms in total. The predicted molar refractivity (Wildman–Crippen MR) is 124 cm³/mol. The summed E-state index contributed by atoms with van der Waals surface area (Å²) in [5.74, 6) is -1.45. The van der Waals surface area contributed by atoms with E-state index in [1.165, 1.54) is 23.6 Å². The molecule has 1 unspecified atom stereocenters.